The zero-order valence-electron chi connectivity index (χ0n) is 21.7. The summed E-state index contributed by atoms with van der Waals surface area (Å²) in [6.07, 6.45) is 6.05. The van der Waals surface area contributed by atoms with Crippen molar-refractivity contribution in [1.29, 1.82) is 0 Å². The van der Waals surface area contributed by atoms with Gasteiger partial charge in [-0.3, -0.25) is 4.79 Å². The zero-order valence-corrected chi connectivity index (χ0v) is 21.7. The van der Waals surface area contributed by atoms with Crippen molar-refractivity contribution < 1.29 is 28.5 Å². The SMILES string of the molecule is COc1cc(OC)c(C2C(C(=O)OC3CCCCC3)=C(C)NC3=C2C(=O)CC(C)(C)C3)cc1OC. The molecule has 0 amide bonds. The van der Waals surface area contributed by atoms with Gasteiger partial charge in [-0.25, -0.2) is 4.79 Å². The van der Waals surface area contributed by atoms with Gasteiger partial charge < -0.3 is 24.3 Å². The highest BCUT2D eigenvalue weighted by Crippen LogP contribution is 2.50. The lowest BCUT2D eigenvalue weighted by atomic mass is 9.68. The number of ketones is 1. The molecule has 1 aliphatic heterocycles. The summed E-state index contributed by atoms with van der Waals surface area (Å²) in [7, 11) is 4.70. The van der Waals surface area contributed by atoms with Crippen LogP contribution in [-0.4, -0.2) is 39.2 Å². The third kappa shape index (κ3) is 4.91. The Bertz CT molecular complexity index is 1080. The second-order valence-corrected chi connectivity index (χ2v) is 10.5. The third-order valence-electron chi connectivity index (χ3n) is 7.33. The number of dihydropyridines is 1. The quantitative estimate of drug-likeness (QED) is 0.557. The minimum atomic E-state index is -0.624. The van der Waals surface area contributed by atoms with Crippen molar-refractivity contribution >= 4 is 11.8 Å². The van der Waals surface area contributed by atoms with E-state index in [4.69, 9.17) is 18.9 Å². The topological polar surface area (TPSA) is 83.1 Å². The maximum absolute atomic E-state index is 13.7. The van der Waals surface area contributed by atoms with E-state index < -0.39 is 5.92 Å². The van der Waals surface area contributed by atoms with Gasteiger partial charge in [0.05, 0.1) is 32.8 Å². The molecule has 35 heavy (non-hydrogen) atoms. The predicted octanol–water partition coefficient (Wildman–Crippen LogP) is 5.19. The number of Topliss-reactive ketones (excluding diaryl/α,β-unsaturated/α-hetero) is 1. The molecule has 1 saturated carbocycles. The summed E-state index contributed by atoms with van der Waals surface area (Å²) in [6, 6.07) is 3.56. The molecule has 4 rings (SSSR count). The second kappa shape index (κ2) is 9.96. The lowest BCUT2D eigenvalue weighted by Gasteiger charge is -2.40. The molecule has 1 atom stereocenters. The summed E-state index contributed by atoms with van der Waals surface area (Å²) in [5.74, 6) is 0.564. The minimum Gasteiger partial charge on any atom is -0.496 e. The highest BCUT2D eigenvalue weighted by Gasteiger charge is 2.44. The molecule has 7 nitrogen and oxygen atoms in total. The molecule has 1 heterocycles. The molecule has 0 aromatic heterocycles. The van der Waals surface area contributed by atoms with Crippen molar-refractivity contribution in [2.75, 3.05) is 21.3 Å². The summed E-state index contributed by atoms with van der Waals surface area (Å²) >= 11 is 0. The fraction of sp³-hybridized carbons (Fsp3) is 0.571. The Balaban J connectivity index is 1.87. The van der Waals surface area contributed by atoms with E-state index in [9.17, 15) is 9.59 Å². The van der Waals surface area contributed by atoms with Crippen LogP contribution in [0.1, 0.15) is 77.2 Å². The highest BCUT2D eigenvalue weighted by molar-refractivity contribution is 6.04. The lowest BCUT2D eigenvalue weighted by molar-refractivity contribution is -0.146. The molecule has 1 fully saturated rings. The molecule has 1 aromatic rings. The fourth-order valence-electron chi connectivity index (χ4n) is 5.69. The van der Waals surface area contributed by atoms with Crippen LogP contribution in [0.2, 0.25) is 0 Å². The van der Waals surface area contributed by atoms with E-state index >= 15 is 0 Å². The summed E-state index contributed by atoms with van der Waals surface area (Å²) in [5, 5.41) is 3.40. The van der Waals surface area contributed by atoms with Crippen LogP contribution >= 0.6 is 0 Å². The number of carbonyl (C=O) groups is 2. The lowest BCUT2D eigenvalue weighted by Crippen LogP contribution is -2.39. The van der Waals surface area contributed by atoms with Crippen molar-refractivity contribution in [3.05, 3.63) is 40.2 Å². The molecule has 7 heteroatoms. The van der Waals surface area contributed by atoms with Crippen molar-refractivity contribution in [1.82, 2.24) is 5.32 Å². The number of carbonyl (C=O) groups excluding carboxylic acids is 2. The molecule has 0 radical (unpaired) electrons. The molecule has 0 saturated heterocycles. The van der Waals surface area contributed by atoms with Crippen LogP contribution in [0.15, 0.2) is 34.7 Å². The summed E-state index contributed by atoms with van der Waals surface area (Å²) < 4.78 is 22.8. The average molecular weight is 484 g/mol. The highest BCUT2D eigenvalue weighted by atomic mass is 16.5. The Morgan fingerprint density at radius 2 is 1.57 bits per heavy atom. The Morgan fingerprint density at radius 1 is 0.943 bits per heavy atom. The number of esters is 1. The van der Waals surface area contributed by atoms with Gasteiger partial charge in [0.2, 0.25) is 0 Å². The van der Waals surface area contributed by atoms with E-state index in [2.05, 4.69) is 19.2 Å². The van der Waals surface area contributed by atoms with Gasteiger partial charge in [-0.15, -0.1) is 0 Å². The molecule has 0 spiro atoms. The average Bonchev–Trinajstić information content (AvgIpc) is 2.81. The van der Waals surface area contributed by atoms with Gasteiger partial charge in [0, 0.05) is 35.0 Å². The first-order valence-corrected chi connectivity index (χ1v) is 12.4. The molecule has 1 unspecified atom stereocenters. The second-order valence-electron chi connectivity index (χ2n) is 10.5. The van der Waals surface area contributed by atoms with E-state index in [-0.39, 0.29) is 23.3 Å². The van der Waals surface area contributed by atoms with Gasteiger partial charge >= 0.3 is 5.97 Å². The van der Waals surface area contributed by atoms with E-state index in [1.165, 1.54) is 6.42 Å². The first-order valence-electron chi connectivity index (χ1n) is 12.4. The Kier molecular flexibility index (Phi) is 7.15. The van der Waals surface area contributed by atoms with Crippen molar-refractivity contribution in [2.45, 2.75) is 77.7 Å². The zero-order chi connectivity index (χ0) is 25.3. The molecule has 1 N–H and O–H groups in total. The number of rotatable bonds is 6. The Labute approximate surface area is 207 Å². The van der Waals surface area contributed by atoms with Crippen molar-refractivity contribution in [3.63, 3.8) is 0 Å². The summed E-state index contributed by atoms with van der Waals surface area (Å²) in [6.45, 7) is 6.07. The number of methoxy groups -OCH3 is 3. The number of hydrogen-bond donors (Lipinski definition) is 1. The van der Waals surface area contributed by atoms with E-state index in [1.54, 1.807) is 27.4 Å². The standard InChI is InChI=1S/C28H37NO6/c1-16-24(27(31)35-17-10-8-7-9-11-17)25(26-19(29-16)14-28(2,3)15-20(26)30)18-12-22(33-5)23(34-6)13-21(18)32-4/h12-13,17,25,29H,7-11,14-15H2,1-6H3. The third-order valence-corrected chi connectivity index (χ3v) is 7.33. The van der Waals surface area contributed by atoms with Crippen LogP contribution in [0.5, 0.6) is 17.2 Å². The van der Waals surface area contributed by atoms with Gasteiger partial charge in [0.15, 0.2) is 17.3 Å². The Morgan fingerprint density at radius 3 is 2.20 bits per heavy atom. The van der Waals surface area contributed by atoms with Crippen LogP contribution in [0.4, 0.5) is 0 Å². The van der Waals surface area contributed by atoms with E-state index in [0.717, 1.165) is 31.4 Å². The number of nitrogens with one attached hydrogen (secondary N) is 1. The van der Waals surface area contributed by atoms with Crippen LogP contribution in [0, 0.1) is 5.41 Å². The Hall–Kier alpha value is -2.96. The smallest absolute Gasteiger partial charge is 0.337 e. The van der Waals surface area contributed by atoms with Gasteiger partial charge in [-0.1, -0.05) is 20.3 Å². The normalized spacial score (nSPS) is 22.3. The van der Waals surface area contributed by atoms with Crippen LogP contribution in [0.3, 0.4) is 0 Å². The van der Waals surface area contributed by atoms with Crippen molar-refractivity contribution in [2.24, 2.45) is 5.41 Å². The van der Waals surface area contributed by atoms with Crippen molar-refractivity contribution in [3.8, 4) is 17.2 Å². The number of benzene rings is 1. The van der Waals surface area contributed by atoms with Gasteiger partial charge in [-0.2, -0.15) is 0 Å². The van der Waals surface area contributed by atoms with Gasteiger partial charge in [-0.05, 0) is 50.5 Å². The minimum absolute atomic E-state index is 0.0288. The summed E-state index contributed by atoms with van der Waals surface area (Å²) in [5.41, 5.74) is 3.14. The molecule has 190 valence electrons. The molecule has 2 aliphatic carbocycles. The molecule has 0 bridgehead atoms. The van der Waals surface area contributed by atoms with Gasteiger partial charge in [0.1, 0.15) is 11.9 Å². The first kappa shape index (κ1) is 25.1. The van der Waals surface area contributed by atoms with Gasteiger partial charge in [0.25, 0.3) is 0 Å². The largest absolute Gasteiger partial charge is 0.496 e. The summed E-state index contributed by atoms with van der Waals surface area (Å²) in [4.78, 5) is 27.3. The van der Waals surface area contributed by atoms with E-state index in [0.29, 0.717) is 52.5 Å². The maximum Gasteiger partial charge on any atom is 0.337 e. The number of allylic oxidation sites excluding steroid dienone is 3. The first-order chi connectivity index (χ1) is 16.7. The van der Waals surface area contributed by atoms with Crippen LogP contribution in [0.25, 0.3) is 0 Å². The fourth-order valence-corrected chi connectivity index (χ4v) is 5.69. The molecule has 1 aromatic carbocycles. The number of hydrogen-bond acceptors (Lipinski definition) is 7. The predicted molar refractivity (Wildman–Crippen MR) is 133 cm³/mol. The monoisotopic (exact) mass is 483 g/mol. The molecular formula is C28H37NO6. The van der Waals surface area contributed by atoms with E-state index in [1.807, 2.05) is 13.0 Å². The van der Waals surface area contributed by atoms with Crippen LogP contribution in [-0.2, 0) is 14.3 Å². The van der Waals surface area contributed by atoms with Crippen LogP contribution < -0.4 is 19.5 Å². The maximum atomic E-state index is 13.7. The molecule has 3 aliphatic rings. The molecular weight excluding hydrogens is 446 g/mol. The number of ether oxygens (including phenoxy) is 4.